The third kappa shape index (κ3) is 2.17. The van der Waals surface area contributed by atoms with Crippen LogP contribution in [0.2, 0.25) is 0 Å². The number of benzene rings is 2. The second kappa shape index (κ2) is 4.98. The number of para-hydroxylation sites is 1. The van der Waals surface area contributed by atoms with E-state index in [0.717, 1.165) is 16.7 Å². The van der Waals surface area contributed by atoms with Gasteiger partial charge in [0.1, 0.15) is 5.71 Å². The number of carbonyl (C=O) groups is 2. The van der Waals surface area contributed by atoms with Crippen LogP contribution in [0.25, 0.3) is 0 Å². The smallest absolute Gasteiger partial charge is 0.276 e. The molecule has 23 heavy (non-hydrogen) atoms. The lowest BCUT2D eigenvalue weighted by Gasteiger charge is -1.99. The molecule has 0 saturated carbocycles. The van der Waals surface area contributed by atoms with Gasteiger partial charge in [-0.05, 0) is 24.6 Å². The Balaban J connectivity index is 1.79. The van der Waals surface area contributed by atoms with Crippen molar-refractivity contribution >= 4 is 28.8 Å². The van der Waals surface area contributed by atoms with Crippen LogP contribution >= 0.6 is 0 Å². The Kier molecular flexibility index (Phi) is 2.94. The van der Waals surface area contributed by atoms with E-state index in [2.05, 4.69) is 15.5 Å². The number of Topliss-reactive ketones (excluding diaryl/α,β-unsaturated/α-hetero) is 1. The maximum absolute atomic E-state index is 12.2. The molecule has 1 N–H and O–H groups in total. The highest BCUT2D eigenvalue weighted by Crippen LogP contribution is 2.24. The van der Waals surface area contributed by atoms with E-state index in [1.165, 1.54) is 0 Å². The molecule has 4 rings (SSSR count). The molecular formula is C18H13N3O2. The summed E-state index contributed by atoms with van der Waals surface area (Å²) in [5.41, 5.74) is 4.81. The summed E-state index contributed by atoms with van der Waals surface area (Å²) in [7, 11) is 0. The van der Waals surface area contributed by atoms with Crippen molar-refractivity contribution in [1.82, 2.24) is 0 Å². The molecule has 1 amide bonds. The minimum atomic E-state index is -0.300. The lowest BCUT2D eigenvalue weighted by atomic mass is 10.1. The summed E-state index contributed by atoms with van der Waals surface area (Å²) >= 11 is 0. The van der Waals surface area contributed by atoms with E-state index in [0.29, 0.717) is 23.4 Å². The normalized spacial score (nSPS) is 19.2. The highest BCUT2D eigenvalue weighted by molar-refractivity contribution is 6.54. The van der Waals surface area contributed by atoms with Crippen LogP contribution in [0.5, 0.6) is 0 Å². The molecule has 0 atom stereocenters. The number of rotatable bonds is 1. The minimum Gasteiger partial charge on any atom is -0.320 e. The number of aryl methyl sites for hydroxylation is 1. The molecule has 5 heteroatoms. The molecule has 1 heterocycles. The lowest BCUT2D eigenvalue weighted by molar-refractivity contribution is -0.112. The van der Waals surface area contributed by atoms with E-state index in [4.69, 9.17) is 0 Å². The molecule has 0 aromatic heterocycles. The molecule has 5 nitrogen and oxygen atoms in total. The number of hydrogen-bond donors (Lipinski definition) is 1. The third-order valence-corrected chi connectivity index (χ3v) is 4.03. The predicted molar refractivity (Wildman–Crippen MR) is 88.0 cm³/mol. The van der Waals surface area contributed by atoms with Gasteiger partial charge in [-0.3, -0.25) is 9.59 Å². The Labute approximate surface area is 132 Å². The first-order chi connectivity index (χ1) is 11.1. The van der Waals surface area contributed by atoms with Crippen molar-refractivity contribution in [3.05, 3.63) is 64.7 Å². The zero-order valence-corrected chi connectivity index (χ0v) is 12.5. The molecule has 112 valence electrons. The molecule has 1 aliphatic carbocycles. The third-order valence-electron chi connectivity index (χ3n) is 4.03. The van der Waals surface area contributed by atoms with E-state index in [1.54, 1.807) is 6.07 Å². The molecule has 0 saturated heterocycles. The van der Waals surface area contributed by atoms with Gasteiger partial charge in [-0.15, -0.1) is 10.2 Å². The number of carbonyl (C=O) groups excluding carboxylic acids is 2. The van der Waals surface area contributed by atoms with Crippen molar-refractivity contribution in [2.45, 2.75) is 13.3 Å². The summed E-state index contributed by atoms with van der Waals surface area (Å²) in [6.45, 7) is 1.97. The fourth-order valence-electron chi connectivity index (χ4n) is 2.88. The second-order valence-electron chi connectivity index (χ2n) is 5.66. The van der Waals surface area contributed by atoms with E-state index in [9.17, 15) is 9.59 Å². The molecule has 0 bridgehead atoms. The van der Waals surface area contributed by atoms with Gasteiger partial charge >= 0.3 is 0 Å². The average Bonchev–Trinajstić information content (AvgIpc) is 3.01. The summed E-state index contributed by atoms with van der Waals surface area (Å²) in [6.07, 6.45) is 0.335. The molecule has 0 fully saturated rings. The summed E-state index contributed by atoms with van der Waals surface area (Å²) in [4.78, 5) is 24.2. The second-order valence-corrected chi connectivity index (χ2v) is 5.66. The van der Waals surface area contributed by atoms with Crippen LogP contribution in [-0.2, 0) is 16.0 Å². The van der Waals surface area contributed by atoms with Gasteiger partial charge in [0, 0.05) is 17.5 Å². The summed E-state index contributed by atoms with van der Waals surface area (Å²) in [5.74, 6) is -0.368. The number of fused-ring (bicyclic) bond motifs is 2. The van der Waals surface area contributed by atoms with E-state index in [-0.39, 0.29) is 17.4 Å². The average molecular weight is 303 g/mol. The summed E-state index contributed by atoms with van der Waals surface area (Å²) < 4.78 is 0. The van der Waals surface area contributed by atoms with Crippen molar-refractivity contribution in [2.24, 2.45) is 10.2 Å². The standard InChI is InChI=1S/C18H13N3O2/c1-10-6-7-11-9-15(22)16(13(11)8-10)20-21-17-12-4-2-3-5-14(12)19-18(17)23/h2-8H,9H2,1H3,(H,19,21,23)/b20-16-. The van der Waals surface area contributed by atoms with Gasteiger partial charge in [0.05, 0.1) is 5.69 Å². The molecule has 2 aromatic rings. The van der Waals surface area contributed by atoms with Gasteiger partial charge in [0.15, 0.2) is 11.5 Å². The van der Waals surface area contributed by atoms with Crippen LogP contribution in [0.1, 0.15) is 22.3 Å². The fraction of sp³-hybridized carbons (Fsp3) is 0.111. The van der Waals surface area contributed by atoms with Crippen LogP contribution in [0.4, 0.5) is 5.69 Å². The Hall–Kier alpha value is -3.08. The Morgan fingerprint density at radius 1 is 0.957 bits per heavy atom. The highest BCUT2D eigenvalue weighted by Gasteiger charge is 2.28. The number of amides is 1. The molecule has 1 aliphatic heterocycles. The largest absolute Gasteiger partial charge is 0.320 e. The summed E-state index contributed by atoms with van der Waals surface area (Å²) in [6, 6.07) is 13.1. The molecule has 2 aliphatic rings. The van der Waals surface area contributed by atoms with Crippen molar-refractivity contribution in [2.75, 3.05) is 5.32 Å². The quantitative estimate of drug-likeness (QED) is 0.821. The first kappa shape index (κ1) is 13.6. The number of ketones is 1. The maximum Gasteiger partial charge on any atom is 0.276 e. The van der Waals surface area contributed by atoms with E-state index in [1.807, 2.05) is 43.3 Å². The van der Waals surface area contributed by atoms with Gasteiger partial charge in [0.25, 0.3) is 5.91 Å². The Morgan fingerprint density at radius 2 is 1.74 bits per heavy atom. The maximum atomic E-state index is 12.2. The van der Waals surface area contributed by atoms with Crippen molar-refractivity contribution in [3.8, 4) is 0 Å². The van der Waals surface area contributed by atoms with Gasteiger partial charge in [-0.25, -0.2) is 0 Å². The van der Waals surface area contributed by atoms with Gasteiger partial charge in [0.2, 0.25) is 0 Å². The molecule has 0 radical (unpaired) electrons. The topological polar surface area (TPSA) is 70.9 Å². The van der Waals surface area contributed by atoms with Crippen LogP contribution in [0.15, 0.2) is 52.7 Å². The van der Waals surface area contributed by atoms with E-state index < -0.39 is 0 Å². The molecular weight excluding hydrogens is 290 g/mol. The predicted octanol–water partition coefficient (Wildman–Crippen LogP) is 2.27. The zero-order valence-electron chi connectivity index (χ0n) is 12.5. The van der Waals surface area contributed by atoms with Gasteiger partial charge in [-0.2, -0.15) is 0 Å². The van der Waals surface area contributed by atoms with Crippen LogP contribution in [-0.4, -0.2) is 23.1 Å². The van der Waals surface area contributed by atoms with Crippen molar-refractivity contribution in [3.63, 3.8) is 0 Å². The lowest BCUT2D eigenvalue weighted by Crippen LogP contribution is -2.15. The minimum absolute atomic E-state index is 0.0679. The summed E-state index contributed by atoms with van der Waals surface area (Å²) in [5, 5.41) is 10.9. The monoisotopic (exact) mass is 303 g/mol. The van der Waals surface area contributed by atoms with Gasteiger partial charge in [-0.1, -0.05) is 35.9 Å². The van der Waals surface area contributed by atoms with Crippen LogP contribution in [0.3, 0.4) is 0 Å². The van der Waals surface area contributed by atoms with Crippen LogP contribution in [0, 0.1) is 6.92 Å². The number of hydrogen-bond acceptors (Lipinski definition) is 4. The number of nitrogens with zero attached hydrogens (tertiary/aromatic N) is 2. The molecule has 2 aromatic carbocycles. The van der Waals surface area contributed by atoms with E-state index >= 15 is 0 Å². The first-order valence-corrected chi connectivity index (χ1v) is 7.33. The zero-order chi connectivity index (χ0) is 16.0. The Bertz CT molecular complexity index is 926. The fourth-order valence-corrected chi connectivity index (χ4v) is 2.88. The van der Waals surface area contributed by atoms with Gasteiger partial charge < -0.3 is 5.32 Å². The van der Waals surface area contributed by atoms with Crippen molar-refractivity contribution in [1.29, 1.82) is 0 Å². The highest BCUT2D eigenvalue weighted by atomic mass is 16.2. The van der Waals surface area contributed by atoms with Crippen LogP contribution < -0.4 is 5.32 Å². The SMILES string of the molecule is Cc1ccc2c(c1)/C(=N/N=C1\C(=O)Nc3ccccc31)C(=O)C2. The molecule has 0 spiro atoms. The first-order valence-electron chi connectivity index (χ1n) is 7.33. The Morgan fingerprint density at radius 3 is 2.61 bits per heavy atom. The van der Waals surface area contributed by atoms with Crippen molar-refractivity contribution < 1.29 is 9.59 Å². The molecule has 0 unspecified atom stereocenters. The number of anilines is 1. The number of nitrogens with one attached hydrogen (secondary N) is 1.